The van der Waals surface area contributed by atoms with Crippen LogP contribution in [0.3, 0.4) is 0 Å². The fourth-order valence-corrected chi connectivity index (χ4v) is 4.35. The second kappa shape index (κ2) is 6.06. The number of carbonyl (C=O) groups excluding carboxylic acids is 1. The van der Waals surface area contributed by atoms with Crippen LogP contribution in [-0.2, 0) is 18.4 Å². The largest absolute Gasteiger partial charge is 0.349 e. The molecule has 3 heterocycles. The molecule has 2 saturated heterocycles. The average molecular weight is 324 g/mol. The molecule has 2 aliphatic heterocycles. The number of aromatic nitrogens is 2. The van der Waals surface area contributed by atoms with E-state index in [-0.39, 0.29) is 11.4 Å². The smallest absolute Gasteiger partial charge is 0.220 e. The highest BCUT2D eigenvalue weighted by Crippen LogP contribution is 2.41. The lowest BCUT2D eigenvalue weighted by molar-refractivity contribution is -0.125. The van der Waals surface area contributed by atoms with Gasteiger partial charge in [-0.05, 0) is 18.4 Å². The fourth-order valence-electron chi connectivity index (χ4n) is 4.35. The molecule has 24 heavy (non-hydrogen) atoms. The highest BCUT2D eigenvalue weighted by molar-refractivity contribution is 5.78. The molecule has 1 N–H and O–H groups in total. The van der Waals surface area contributed by atoms with Crippen molar-refractivity contribution >= 4 is 5.91 Å². The summed E-state index contributed by atoms with van der Waals surface area (Å²) in [5.41, 5.74) is 2.41. The number of imidazole rings is 1. The SMILES string of the molecule is Cn1cncc1CN1C[C@@H](c2ccccc2)[C@@]2(CCCC(=O)N2)C1. The molecular weight excluding hydrogens is 300 g/mol. The molecule has 0 radical (unpaired) electrons. The van der Waals surface area contributed by atoms with E-state index < -0.39 is 0 Å². The highest BCUT2D eigenvalue weighted by Gasteiger charge is 2.49. The number of likely N-dealkylation sites (tertiary alicyclic amines) is 1. The van der Waals surface area contributed by atoms with Gasteiger partial charge >= 0.3 is 0 Å². The lowest BCUT2D eigenvalue weighted by Crippen LogP contribution is -2.56. The van der Waals surface area contributed by atoms with Gasteiger partial charge in [-0.1, -0.05) is 30.3 Å². The van der Waals surface area contributed by atoms with Crippen molar-refractivity contribution in [3.63, 3.8) is 0 Å². The second-order valence-electron chi connectivity index (χ2n) is 7.19. The van der Waals surface area contributed by atoms with Crippen molar-refractivity contribution in [2.45, 2.75) is 37.3 Å². The number of rotatable bonds is 3. The summed E-state index contributed by atoms with van der Waals surface area (Å²) in [5, 5.41) is 3.36. The molecule has 2 aromatic rings. The zero-order valence-corrected chi connectivity index (χ0v) is 14.1. The molecule has 2 atom stereocenters. The van der Waals surface area contributed by atoms with Crippen LogP contribution in [0.15, 0.2) is 42.9 Å². The van der Waals surface area contributed by atoms with Gasteiger partial charge in [0.05, 0.1) is 17.6 Å². The minimum absolute atomic E-state index is 0.130. The van der Waals surface area contributed by atoms with Crippen molar-refractivity contribution in [1.29, 1.82) is 0 Å². The Balaban J connectivity index is 1.62. The van der Waals surface area contributed by atoms with Gasteiger partial charge in [0, 0.05) is 45.2 Å². The lowest BCUT2D eigenvalue weighted by Gasteiger charge is -2.39. The van der Waals surface area contributed by atoms with Crippen molar-refractivity contribution in [3.8, 4) is 0 Å². The molecule has 1 aromatic heterocycles. The first-order valence-corrected chi connectivity index (χ1v) is 8.70. The van der Waals surface area contributed by atoms with Gasteiger partial charge in [-0.2, -0.15) is 0 Å². The molecule has 5 nitrogen and oxygen atoms in total. The van der Waals surface area contributed by atoms with Crippen LogP contribution in [0.4, 0.5) is 0 Å². The highest BCUT2D eigenvalue weighted by atomic mass is 16.1. The summed E-state index contributed by atoms with van der Waals surface area (Å²) in [7, 11) is 2.03. The summed E-state index contributed by atoms with van der Waals surface area (Å²) in [6, 6.07) is 10.6. The Kier molecular flexibility index (Phi) is 3.88. The molecule has 2 aliphatic rings. The molecule has 0 aliphatic carbocycles. The number of piperidine rings is 1. The van der Waals surface area contributed by atoms with Gasteiger partial charge in [0.25, 0.3) is 0 Å². The van der Waals surface area contributed by atoms with Crippen molar-refractivity contribution in [1.82, 2.24) is 19.8 Å². The maximum absolute atomic E-state index is 12.1. The van der Waals surface area contributed by atoms with E-state index in [1.165, 1.54) is 11.3 Å². The van der Waals surface area contributed by atoms with Crippen LogP contribution in [0.25, 0.3) is 0 Å². The number of hydrogen-bond acceptors (Lipinski definition) is 3. The predicted molar refractivity (Wildman–Crippen MR) is 92.4 cm³/mol. The van der Waals surface area contributed by atoms with Crippen molar-refractivity contribution < 1.29 is 4.79 Å². The van der Waals surface area contributed by atoms with Gasteiger partial charge in [0.1, 0.15) is 0 Å². The van der Waals surface area contributed by atoms with E-state index in [1.54, 1.807) is 0 Å². The van der Waals surface area contributed by atoms with E-state index >= 15 is 0 Å². The van der Waals surface area contributed by atoms with E-state index in [0.717, 1.165) is 32.5 Å². The molecule has 0 bridgehead atoms. The summed E-state index contributed by atoms with van der Waals surface area (Å²) in [6.07, 6.45) is 6.47. The summed E-state index contributed by atoms with van der Waals surface area (Å²) < 4.78 is 2.07. The molecule has 0 saturated carbocycles. The van der Waals surface area contributed by atoms with Gasteiger partial charge in [0.15, 0.2) is 0 Å². The van der Waals surface area contributed by atoms with Crippen LogP contribution in [0.5, 0.6) is 0 Å². The maximum atomic E-state index is 12.1. The third kappa shape index (κ3) is 2.73. The minimum Gasteiger partial charge on any atom is -0.349 e. The third-order valence-corrected chi connectivity index (χ3v) is 5.53. The van der Waals surface area contributed by atoms with Gasteiger partial charge in [0.2, 0.25) is 5.91 Å². The Morgan fingerprint density at radius 3 is 2.88 bits per heavy atom. The topological polar surface area (TPSA) is 50.2 Å². The van der Waals surface area contributed by atoms with Crippen LogP contribution < -0.4 is 5.32 Å². The van der Waals surface area contributed by atoms with Gasteiger partial charge in [-0.25, -0.2) is 4.98 Å². The standard InChI is InChI=1S/C19H24N4O/c1-22-14-20-10-16(22)11-23-12-17(15-6-3-2-4-7-15)19(13-23)9-5-8-18(24)21-19/h2-4,6-7,10,14,17H,5,8-9,11-13H2,1H3,(H,21,24)/t17-,19+/m0/s1. The summed E-state index contributed by atoms with van der Waals surface area (Å²) in [6.45, 7) is 2.75. The van der Waals surface area contributed by atoms with E-state index in [9.17, 15) is 4.79 Å². The molecule has 2 fully saturated rings. The Morgan fingerprint density at radius 1 is 1.33 bits per heavy atom. The number of amides is 1. The Bertz CT molecular complexity index is 726. The summed E-state index contributed by atoms with van der Waals surface area (Å²) >= 11 is 0. The van der Waals surface area contributed by atoms with Crippen molar-refractivity contribution in [2.75, 3.05) is 13.1 Å². The molecular formula is C19H24N4O. The fraction of sp³-hybridized carbons (Fsp3) is 0.474. The van der Waals surface area contributed by atoms with E-state index in [1.807, 2.05) is 19.6 Å². The summed E-state index contributed by atoms with van der Waals surface area (Å²) in [5.74, 6) is 0.542. The van der Waals surface area contributed by atoms with Crippen LogP contribution >= 0.6 is 0 Å². The van der Waals surface area contributed by atoms with Crippen LogP contribution in [0.1, 0.15) is 36.4 Å². The molecule has 1 aromatic carbocycles. The predicted octanol–water partition coefficient (Wildman–Crippen LogP) is 2.06. The number of aryl methyl sites for hydroxylation is 1. The number of benzene rings is 1. The van der Waals surface area contributed by atoms with E-state index in [4.69, 9.17) is 0 Å². The van der Waals surface area contributed by atoms with Crippen LogP contribution in [-0.4, -0.2) is 39.0 Å². The molecule has 126 valence electrons. The number of nitrogens with zero attached hydrogens (tertiary/aromatic N) is 3. The first-order valence-electron chi connectivity index (χ1n) is 8.70. The first kappa shape index (κ1) is 15.4. The zero-order chi connectivity index (χ0) is 16.6. The number of nitrogens with one attached hydrogen (secondary N) is 1. The maximum Gasteiger partial charge on any atom is 0.220 e. The molecule has 0 unspecified atom stereocenters. The van der Waals surface area contributed by atoms with Crippen molar-refractivity contribution in [3.05, 3.63) is 54.1 Å². The van der Waals surface area contributed by atoms with Crippen molar-refractivity contribution in [2.24, 2.45) is 7.05 Å². The van der Waals surface area contributed by atoms with E-state index in [2.05, 4.69) is 50.1 Å². The Labute approximate surface area is 142 Å². The lowest BCUT2D eigenvalue weighted by atomic mass is 9.76. The van der Waals surface area contributed by atoms with Crippen LogP contribution in [0.2, 0.25) is 0 Å². The normalized spacial score (nSPS) is 27.5. The third-order valence-electron chi connectivity index (χ3n) is 5.53. The Morgan fingerprint density at radius 2 is 2.17 bits per heavy atom. The monoisotopic (exact) mass is 324 g/mol. The number of hydrogen-bond donors (Lipinski definition) is 1. The molecule has 1 spiro atoms. The number of carbonyl (C=O) groups is 1. The minimum atomic E-state index is -0.130. The summed E-state index contributed by atoms with van der Waals surface area (Å²) in [4.78, 5) is 18.8. The Hall–Kier alpha value is -2.14. The van der Waals surface area contributed by atoms with Crippen LogP contribution in [0, 0.1) is 0 Å². The average Bonchev–Trinajstić information content (AvgIpc) is 3.13. The molecule has 1 amide bonds. The van der Waals surface area contributed by atoms with E-state index in [0.29, 0.717) is 12.3 Å². The second-order valence-corrected chi connectivity index (χ2v) is 7.19. The van der Waals surface area contributed by atoms with Gasteiger partial charge in [-0.3, -0.25) is 9.69 Å². The quantitative estimate of drug-likeness (QED) is 0.940. The molecule has 5 heteroatoms. The van der Waals surface area contributed by atoms with Gasteiger partial charge in [-0.15, -0.1) is 0 Å². The first-order chi connectivity index (χ1) is 11.7. The molecule has 4 rings (SSSR count). The van der Waals surface area contributed by atoms with Gasteiger partial charge < -0.3 is 9.88 Å². The zero-order valence-electron chi connectivity index (χ0n) is 14.1.